The Balaban J connectivity index is 1.80. The fourth-order valence-corrected chi connectivity index (χ4v) is 4.76. The summed E-state index contributed by atoms with van der Waals surface area (Å²) in [6, 6.07) is 18.5. The molecule has 0 unspecified atom stereocenters. The van der Waals surface area contributed by atoms with Crippen LogP contribution in [0.1, 0.15) is 17.3 Å². The molecule has 0 bridgehead atoms. The van der Waals surface area contributed by atoms with Gasteiger partial charge in [0.25, 0.3) is 15.9 Å². The highest BCUT2D eigenvalue weighted by atomic mass is 32.2. The molecule has 0 aliphatic carbocycles. The van der Waals surface area contributed by atoms with Crippen LogP contribution in [-0.4, -0.2) is 27.1 Å². The van der Waals surface area contributed by atoms with Gasteiger partial charge >= 0.3 is 0 Å². The molecular weight excluding hydrogens is 423 g/mol. The minimum atomic E-state index is -3.73. The molecule has 156 valence electrons. The summed E-state index contributed by atoms with van der Waals surface area (Å²) in [6.45, 7) is 2.00. The van der Waals surface area contributed by atoms with Crippen LogP contribution < -0.4 is 9.62 Å². The van der Waals surface area contributed by atoms with Crippen molar-refractivity contribution in [2.24, 2.45) is 0 Å². The molecule has 0 fully saturated rings. The number of benzene rings is 3. The lowest BCUT2D eigenvalue weighted by Crippen LogP contribution is -2.30. The topological polar surface area (TPSA) is 66.5 Å². The zero-order valence-corrected chi connectivity index (χ0v) is 18.1. The molecule has 0 aromatic heterocycles. The third-order valence-corrected chi connectivity index (χ3v) is 7.11. The van der Waals surface area contributed by atoms with Crippen molar-refractivity contribution in [1.29, 1.82) is 0 Å². The number of nitrogens with zero attached hydrogens (tertiary/aromatic N) is 1. The van der Waals surface area contributed by atoms with Gasteiger partial charge in [0.15, 0.2) is 0 Å². The monoisotopic (exact) mass is 444 g/mol. The molecule has 3 rings (SSSR count). The molecule has 1 amide bonds. The Morgan fingerprint density at radius 2 is 1.57 bits per heavy atom. The molecule has 5 nitrogen and oxygen atoms in total. The Kier molecular flexibility index (Phi) is 6.79. The van der Waals surface area contributed by atoms with Crippen LogP contribution in [0.3, 0.4) is 0 Å². The molecule has 0 radical (unpaired) electrons. The van der Waals surface area contributed by atoms with Crippen LogP contribution in [-0.2, 0) is 10.0 Å². The van der Waals surface area contributed by atoms with Gasteiger partial charge in [-0.2, -0.15) is 0 Å². The first-order valence-electron chi connectivity index (χ1n) is 9.19. The number of sulfonamides is 1. The third kappa shape index (κ3) is 4.83. The second kappa shape index (κ2) is 9.32. The van der Waals surface area contributed by atoms with Crippen molar-refractivity contribution in [3.8, 4) is 0 Å². The Bertz CT molecular complexity index is 1110. The predicted molar refractivity (Wildman–Crippen MR) is 119 cm³/mol. The van der Waals surface area contributed by atoms with E-state index in [0.717, 1.165) is 4.90 Å². The van der Waals surface area contributed by atoms with Crippen LogP contribution >= 0.6 is 11.8 Å². The van der Waals surface area contributed by atoms with Gasteiger partial charge in [0, 0.05) is 22.7 Å². The molecule has 1 N–H and O–H groups in total. The molecule has 0 heterocycles. The Morgan fingerprint density at radius 1 is 0.967 bits per heavy atom. The molecule has 30 heavy (non-hydrogen) atoms. The fourth-order valence-electron chi connectivity index (χ4n) is 2.88. The number of halogens is 1. The molecule has 3 aromatic carbocycles. The van der Waals surface area contributed by atoms with Gasteiger partial charge in [-0.05, 0) is 86.0 Å². The zero-order valence-electron chi connectivity index (χ0n) is 16.5. The van der Waals surface area contributed by atoms with Gasteiger partial charge in [0.05, 0.1) is 10.6 Å². The summed E-state index contributed by atoms with van der Waals surface area (Å²) >= 11 is 1.54. The highest BCUT2D eigenvalue weighted by Crippen LogP contribution is 2.26. The van der Waals surface area contributed by atoms with Crippen molar-refractivity contribution in [1.82, 2.24) is 0 Å². The quantitative estimate of drug-likeness (QED) is 0.520. The fraction of sp³-hybridized carbons (Fsp3) is 0.136. The van der Waals surface area contributed by atoms with E-state index in [-0.39, 0.29) is 23.2 Å². The van der Waals surface area contributed by atoms with E-state index in [2.05, 4.69) is 5.32 Å². The molecule has 8 heteroatoms. The largest absolute Gasteiger partial charge is 0.322 e. The first-order valence-corrected chi connectivity index (χ1v) is 11.9. The summed E-state index contributed by atoms with van der Waals surface area (Å²) < 4.78 is 40.4. The summed E-state index contributed by atoms with van der Waals surface area (Å²) in [5.41, 5.74) is 1.29. The second-order valence-electron chi connectivity index (χ2n) is 6.35. The van der Waals surface area contributed by atoms with E-state index in [1.54, 1.807) is 55.5 Å². The Labute approximate surface area is 180 Å². The summed E-state index contributed by atoms with van der Waals surface area (Å²) in [5.74, 6) is -0.756. The lowest BCUT2D eigenvalue weighted by Gasteiger charge is -2.23. The standard InChI is InChI=1S/C22H21FN2O3S2/c1-3-25(30(27,28)21-14-12-20(29-2)13-15-21)19-10-4-16(5-11-19)22(26)24-18-8-6-17(23)7-9-18/h4-15H,3H2,1-2H3,(H,24,26). The Hall–Kier alpha value is -2.84. The highest BCUT2D eigenvalue weighted by molar-refractivity contribution is 7.98. The van der Waals surface area contributed by atoms with Crippen LogP contribution in [0.15, 0.2) is 82.6 Å². The van der Waals surface area contributed by atoms with E-state index < -0.39 is 10.0 Å². The van der Waals surface area contributed by atoms with Crippen molar-refractivity contribution in [2.45, 2.75) is 16.7 Å². The number of thioether (sulfide) groups is 1. The normalized spacial score (nSPS) is 11.2. The smallest absolute Gasteiger partial charge is 0.264 e. The number of nitrogens with one attached hydrogen (secondary N) is 1. The number of anilines is 2. The first-order chi connectivity index (χ1) is 14.3. The number of hydrogen-bond donors (Lipinski definition) is 1. The number of carbonyl (C=O) groups is 1. The lowest BCUT2D eigenvalue weighted by molar-refractivity contribution is 0.102. The lowest BCUT2D eigenvalue weighted by atomic mass is 10.2. The zero-order chi connectivity index (χ0) is 21.7. The second-order valence-corrected chi connectivity index (χ2v) is 9.10. The SMILES string of the molecule is CCN(c1ccc(C(=O)Nc2ccc(F)cc2)cc1)S(=O)(=O)c1ccc(SC)cc1. The molecule has 0 spiro atoms. The van der Waals surface area contributed by atoms with Crippen LogP contribution in [0.4, 0.5) is 15.8 Å². The van der Waals surface area contributed by atoms with Crippen molar-refractivity contribution < 1.29 is 17.6 Å². The minimum Gasteiger partial charge on any atom is -0.322 e. The number of carbonyl (C=O) groups excluding carboxylic acids is 1. The average Bonchev–Trinajstić information content (AvgIpc) is 2.76. The number of hydrogen-bond acceptors (Lipinski definition) is 4. The molecule has 3 aromatic rings. The van der Waals surface area contributed by atoms with Gasteiger partial charge in [0.2, 0.25) is 0 Å². The van der Waals surface area contributed by atoms with E-state index in [4.69, 9.17) is 0 Å². The van der Waals surface area contributed by atoms with E-state index in [1.165, 1.54) is 40.3 Å². The molecule has 0 atom stereocenters. The maximum atomic E-state index is 13.1. The highest BCUT2D eigenvalue weighted by Gasteiger charge is 2.23. The predicted octanol–water partition coefficient (Wildman–Crippen LogP) is 5.02. The van der Waals surface area contributed by atoms with Gasteiger partial charge in [-0.15, -0.1) is 11.8 Å². The summed E-state index contributed by atoms with van der Waals surface area (Å²) in [6.07, 6.45) is 1.93. The molecule has 0 saturated heterocycles. The van der Waals surface area contributed by atoms with Crippen molar-refractivity contribution in [2.75, 3.05) is 22.4 Å². The van der Waals surface area contributed by atoms with E-state index >= 15 is 0 Å². The summed E-state index contributed by atoms with van der Waals surface area (Å²) in [5, 5.41) is 2.68. The van der Waals surface area contributed by atoms with Gasteiger partial charge < -0.3 is 5.32 Å². The van der Waals surface area contributed by atoms with E-state index in [9.17, 15) is 17.6 Å². The molecular formula is C22H21FN2O3S2. The van der Waals surface area contributed by atoms with Crippen LogP contribution in [0, 0.1) is 5.82 Å². The maximum absolute atomic E-state index is 13.1. The summed E-state index contributed by atoms with van der Waals surface area (Å²) in [4.78, 5) is 13.6. The van der Waals surface area contributed by atoms with Gasteiger partial charge in [-0.25, -0.2) is 12.8 Å². The summed E-state index contributed by atoms with van der Waals surface area (Å²) in [7, 11) is -3.73. The first kappa shape index (κ1) is 21.9. The molecule has 0 aliphatic heterocycles. The molecule has 0 aliphatic rings. The van der Waals surface area contributed by atoms with Crippen LogP contribution in [0.2, 0.25) is 0 Å². The minimum absolute atomic E-state index is 0.209. The number of rotatable bonds is 7. The number of amides is 1. The Morgan fingerprint density at radius 3 is 2.10 bits per heavy atom. The van der Waals surface area contributed by atoms with Crippen molar-refractivity contribution in [3.05, 3.63) is 84.2 Å². The van der Waals surface area contributed by atoms with Crippen molar-refractivity contribution in [3.63, 3.8) is 0 Å². The van der Waals surface area contributed by atoms with Gasteiger partial charge in [-0.3, -0.25) is 9.10 Å². The maximum Gasteiger partial charge on any atom is 0.264 e. The van der Waals surface area contributed by atoms with Gasteiger partial charge in [-0.1, -0.05) is 0 Å². The van der Waals surface area contributed by atoms with Crippen molar-refractivity contribution >= 4 is 39.1 Å². The van der Waals surface area contributed by atoms with E-state index in [1.807, 2.05) is 6.26 Å². The van der Waals surface area contributed by atoms with Crippen LogP contribution in [0.5, 0.6) is 0 Å². The van der Waals surface area contributed by atoms with Gasteiger partial charge in [0.1, 0.15) is 5.82 Å². The third-order valence-electron chi connectivity index (χ3n) is 4.45. The average molecular weight is 445 g/mol. The van der Waals surface area contributed by atoms with E-state index in [0.29, 0.717) is 16.9 Å². The van der Waals surface area contributed by atoms with Crippen LogP contribution in [0.25, 0.3) is 0 Å². The molecule has 0 saturated carbocycles.